The standard InChI is InChI=1S/C19H22FN3O4/c1-23(2)17(24)11-27-16-10-26-9-8-14(16)22-19(25)15-7-6-12-4-3-5-13(20)18(12)21-15/h3-7,14,16H,8-11H2,1-2H3,(H,22,25)/t14-,16-/m1/s1. The number of fused-ring (bicyclic) bond motifs is 1. The number of carbonyl (C=O) groups is 2. The van der Waals surface area contributed by atoms with Crippen molar-refractivity contribution in [2.24, 2.45) is 0 Å². The first-order valence-electron chi connectivity index (χ1n) is 8.71. The van der Waals surface area contributed by atoms with Crippen molar-refractivity contribution in [1.82, 2.24) is 15.2 Å². The average molecular weight is 375 g/mol. The molecule has 2 amide bonds. The Morgan fingerprint density at radius 1 is 1.33 bits per heavy atom. The zero-order valence-corrected chi connectivity index (χ0v) is 15.3. The van der Waals surface area contributed by atoms with Gasteiger partial charge in [0.2, 0.25) is 5.91 Å². The maximum atomic E-state index is 13.9. The van der Waals surface area contributed by atoms with E-state index in [-0.39, 0.29) is 36.4 Å². The summed E-state index contributed by atoms with van der Waals surface area (Å²) < 4.78 is 25.0. The topological polar surface area (TPSA) is 80.8 Å². The predicted octanol–water partition coefficient (Wildman–Crippen LogP) is 1.37. The highest BCUT2D eigenvalue weighted by atomic mass is 19.1. The molecule has 3 rings (SSSR count). The first-order valence-corrected chi connectivity index (χ1v) is 8.71. The number of hydrogen-bond donors (Lipinski definition) is 1. The van der Waals surface area contributed by atoms with Gasteiger partial charge in [0, 0.05) is 26.1 Å². The molecular weight excluding hydrogens is 353 g/mol. The number of nitrogens with one attached hydrogen (secondary N) is 1. The lowest BCUT2D eigenvalue weighted by Crippen LogP contribution is -2.50. The molecule has 0 spiro atoms. The first kappa shape index (κ1) is 19.2. The van der Waals surface area contributed by atoms with E-state index in [1.165, 1.54) is 11.0 Å². The minimum atomic E-state index is -0.475. The highest BCUT2D eigenvalue weighted by molar-refractivity contribution is 5.95. The third kappa shape index (κ3) is 4.58. The number of para-hydroxylation sites is 1. The van der Waals surface area contributed by atoms with Gasteiger partial charge in [-0.25, -0.2) is 9.37 Å². The number of aromatic nitrogens is 1. The molecule has 1 aromatic carbocycles. The second-order valence-corrected chi connectivity index (χ2v) is 6.59. The van der Waals surface area contributed by atoms with Gasteiger partial charge in [-0.15, -0.1) is 0 Å². The molecule has 0 radical (unpaired) electrons. The van der Waals surface area contributed by atoms with Crippen molar-refractivity contribution in [3.8, 4) is 0 Å². The van der Waals surface area contributed by atoms with Crippen LogP contribution in [-0.4, -0.2) is 67.8 Å². The molecule has 1 aliphatic rings. The maximum absolute atomic E-state index is 13.9. The smallest absolute Gasteiger partial charge is 0.270 e. The summed E-state index contributed by atoms with van der Waals surface area (Å²) in [5.74, 6) is -1.06. The number of carbonyl (C=O) groups excluding carboxylic acids is 2. The minimum absolute atomic E-state index is 0.0904. The molecule has 0 unspecified atom stereocenters. The van der Waals surface area contributed by atoms with E-state index in [2.05, 4.69) is 10.3 Å². The van der Waals surface area contributed by atoms with Gasteiger partial charge in [-0.2, -0.15) is 0 Å². The van der Waals surface area contributed by atoms with E-state index in [9.17, 15) is 14.0 Å². The van der Waals surface area contributed by atoms with E-state index < -0.39 is 17.8 Å². The second kappa shape index (κ2) is 8.41. The molecule has 2 atom stereocenters. The third-order valence-electron chi connectivity index (χ3n) is 4.44. The van der Waals surface area contributed by atoms with E-state index >= 15 is 0 Å². The molecule has 1 saturated heterocycles. The van der Waals surface area contributed by atoms with Crippen LogP contribution in [0.3, 0.4) is 0 Å². The Balaban J connectivity index is 1.69. The Labute approximate surface area is 156 Å². The average Bonchev–Trinajstić information content (AvgIpc) is 2.67. The van der Waals surface area contributed by atoms with Gasteiger partial charge in [0.25, 0.3) is 5.91 Å². The fourth-order valence-corrected chi connectivity index (χ4v) is 2.83. The van der Waals surface area contributed by atoms with Crippen molar-refractivity contribution < 1.29 is 23.5 Å². The van der Waals surface area contributed by atoms with Crippen LogP contribution in [-0.2, 0) is 14.3 Å². The molecular formula is C19H22FN3O4. The second-order valence-electron chi connectivity index (χ2n) is 6.59. The SMILES string of the molecule is CN(C)C(=O)CO[C@@H]1COCC[C@H]1NC(=O)c1ccc2cccc(F)c2n1. The monoisotopic (exact) mass is 375 g/mol. The number of pyridine rings is 1. The molecule has 0 saturated carbocycles. The summed E-state index contributed by atoms with van der Waals surface area (Å²) in [5.41, 5.74) is 0.281. The van der Waals surface area contributed by atoms with Gasteiger partial charge in [0.15, 0.2) is 0 Å². The summed E-state index contributed by atoms with van der Waals surface area (Å²) >= 11 is 0. The first-order chi connectivity index (χ1) is 13.0. The van der Waals surface area contributed by atoms with Crippen LogP contribution in [0.1, 0.15) is 16.9 Å². The summed E-state index contributed by atoms with van der Waals surface area (Å²) in [4.78, 5) is 29.9. The van der Waals surface area contributed by atoms with E-state index in [0.717, 1.165) is 0 Å². The summed E-state index contributed by atoms with van der Waals surface area (Å²) in [7, 11) is 3.29. The quantitative estimate of drug-likeness (QED) is 0.854. The molecule has 2 heterocycles. The minimum Gasteiger partial charge on any atom is -0.379 e. The molecule has 27 heavy (non-hydrogen) atoms. The molecule has 7 nitrogen and oxygen atoms in total. The van der Waals surface area contributed by atoms with E-state index in [1.54, 1.807) is 38.4 Å². The molecule has 1 aromatic heterocycles. The Hall–Kier alpha value is -2.58. The zero-order chi connectivity index (χ0) is 19.4. The van der Waals surface area contributed by atoms with Gasteiger partial charge in [-0.3, -0.25) is 9.59 Å². The summed E-state index contributed by atoms with van der Waals surface area (Å²) in [6, 6.07) is 7.53. The van der Waals surface area contributed by atoms with Gasteiger partial charge in [0.05, 0.1) is 12.6 Å². The van der Waals surface area contributed by atoms with Crippen LogP contribution >= 0.6 is 0 Å². The van der Waals surface area contributed by atoms with Gasteiger partial charge >= 0.3 is 0 Å². The summed E-state index contributed by atoms with van der Waals surface area (Å²) in [6.45, 7) is 0.671. The third-order valence-corrected chi connectivity index (χ3v) is 4.44. The van der Waals surface area contributed by atoms with Crippen molar-refractivity contribution >= 4 is 22.7 Å². The van der Waals surface area contributed by atoms with Crippen LogP contribution in [0.5, 0.6) is 0 Å². The highest BCUT2D eigenvalue weighted by Crippen LogP contribution is 2.17. The molecule has 8 heteroatoms. The Bertz CT molecular complexity index is 843. The Morgan fingerprint density at radius 3 is 2.93 bits per heavy atom. The Morgan fingerprint density at radius 2 is 2.15 bits per heavy atom. The lowest BCUT2D eigenvalue weighted by Gasteiger charge is -2.32. The van der Waals surface area contributed by atoms with Gasteiger partial charge in [-0.1, -0.05) is 18.2 Å². The van der Waals surface area contributed by atoms with E-state index in [4.69, 9.17) is 9.47 Å². The molecule has 1 N–H and O–H groups in total. The fourth-order valence-electron chi connectivity index (χ4n) is 2.83. The summed E-state index contributed by atoms with van der Waals surface area (Å²) in [6.07, 6.45) is 0.109. The van der Waals surface area contributed by atoms with Crippen LogP contribution in [0.4, 0.5) is 4.39 Å². The number of rotatable bonds is 5. The van der Waals surface area contributed by atoms with Crippen molar-refractivity contribution in [3.63, 3.8) is 0 Å². The number of halogens is 1. The normalized spacial score (nSPS) is 19.7. The van der Waals surface area contributed by atoms with Gasteiger partial charge in [0.1, 0.15) is 29.7 Å². The maximum Gasteiger partial charge on any atom is 0.270 e. The van der Waals surface area contributed by atoms with Crippen LogP contribution < -0.4 is 5.32 Å². The number of benzene rings is 1. The van der Waals surface area contributed by atoms with Crippen molar-refractivity contribution in [1.29, 1.82) is 0 Å². The van der Waals surface area contributed by atoms with Crippen LogP contribution in [0.25, 0.3) is 10.9 Å². The van der Waals surface area contributed by atoms with E-state index in [0.29, 0.717) is 18.4 Å². The predicted molar refractivity (Wildman–Crippen MR) is 96.8 cm³/mol. The zero-order valence-electron chi connectivity index (χ0n) is 15.3. The van der Waals surface area contributed by atoms with E-state index in [1.807, 2.05) is 0 Å². The fraction of sp³-hybridized carbons (Fsp3) is 0.421. The molecule has 0 bridgehead atoms. The number of ether oxygens (including phenoxy) is 2. The number of likely N-dealkylation sites (N-methyl/N-ethyl adjacent to an activating group) is 1. The number of nitrogens with zero attached hydrogens (tertiary/aromatic N) is 2. The van der Waals surface area contributed by atoms with Crippen molar-refractivity contribution in [2.45, 2.75) is 18.6 Å². The largest absolute Gasteiger partial charge is 0.379 e. The highest BCUT2D eigenvalue weighted by Gasteiger charge is 2.29. The van der Waals surface area contributed by atoms with Gasteiger partial charge < -0.3 is 19.7 Å². The van der Waals surface area contributed by atoms with Crippen LogP contribution in [0.2, 0.25) is 0 Å². The molecule has 144 valence electrons. The molecule has 0 aliphatic carbocycles. The molecule has 2 aromatic rings. The van der Waals surface area contributed by atoms with Crippen LogP contribution in [0, 0.1) is 5.82 Å². The molecule has 1 fully saturated rings. The molecule has 1 aliphatic heterocycles. The number of hydrogen-bond acceptors (Lipinski definition) is 5. The van der Waals surface area contributed by atoms with Gasteiger partial charge in [-0.05, 0) is 18.6 Å². The van der Waals surface area contributed by atoms with Crippen molar-refractivity contribution in [2.75, 3.05) is 33.9 Å². The van der Waals surface area contributed by atoms with Crippen molar-refractivity contribution in [3.05, 3.63) is 41.8 Å². The summed E-state index contributed by atoms with van der Waals surface area (Å²) in [5, 5.41) is 3.49. The lowest BCUT2D eigenvalue weighted by atomic mass is 10.1. The van der Waals surface area contributed by atoms with Crippen LogP contribution in [0.15, 0.2) is 30.3 Å². The number of amides is 2. The lowest BCUT2D eigenvalue weighted by molar-refractivity contribution is -0.140. The Kier molecular flexibility index (Phi) is 5.98.